The second-order valence-electron chi connectivity index (χ2n) is 6.01. The molecule has 114 valence electrons. The Kier molecular flexibility index (Phi) is 2.66. The molecule has 5 aromatic rings. The van der Waals surface area contributed by atoms with Crippen molar-refractivity contribution in [3.8, 4) is 0 Å². The normalized spacial score (nSPS) is 11.8. The minimum atomic E-state index is -0.357. The lowest BCUT2D eigenvalue weighted by Crippen LogP contribution is -1.93. The molecule has 0 N–H and O–H groups in total. The Morgan fingerprint density at radius 2 is 0.667 bits per heavy atom. The molecule has 0 unspecified atom stereocenters. The SMILES string of the molecule is Fc1c2ccccc2c(F)c2c3ccccc3c3ccccc3c12. The molecule has 0 fully saturated rings. The summed E-state index contributed by atoms with van der Waals surface area (Å²) in [5.41, 5.74) is 0. The number of halogens is 2. The Labute approximate surface area is 136 Å². The molecule has 2 heteroatoms. The monoisotopic (exact) mass is 314 g/mol. The summed E-state index contributed by atoms with van der Waals surface area (Å²) >= 11 is 0. The minimum absolute atomic E-state index is 0.322. The van der Waals surface area contributed by atoms with Gasteiger partial charge in [0.05, 0.1) is 0 Å². The average molecular weight is 314 g/mol. The van der Waals surface area contributed by atoms with E-state index >= 15 is 8.78 Å². The Morgan fingerprint density at radius 1 is 0.375 bits per heavy atom. The Hall–Kier alpha value is -3.00. The predicted octanol–water partition coefficient (Wildman–Crippen LogP) is 6.58. The zero-order chi connectivity index (χ0) is 16.3. The van der Waals surface area contributed by atoms with Gasteiger partial charge in [0, 0.05) is 21.5 Å². The van der Waals surface area contributed by atoms with Crippen molar-refractivity contribution in [1.29, 1.82) is 0 Å². The van der Waals surface area contributed by atoms with E-state index in [9.17, 15) is 0 Å². The third-order valence-corrected chi connectivity index (χ3v) is 4.77. The molecular weight excluding hydrogens is 302 g/mol. The highest BCUT2D eigenvalue weighted by Crippen LogP contribution is 2.40. The van der Waals surface area contributed by atoms with E-state index < -0.39 is 0 Å². The number of hydrogen-bond donors (Lipinski definition) is 0. The highest BCUT2D eigenvalue weighted by molar-refractivity contribution is 6.27. The molecule has 0 aliphatic carbocycles. The van der Waals surface area contributed by atoms with Crippen molar-refractivity contribution in [2.45, 2.75) is 0 Å². The van der Waals surface area contributed by atoms with Gasteiger partial charge in [-0.1, -0.05) is 72.8 Å². The lowest BCUT2D eigenvalue weighted by molar-refractivity contribution is 0.636. The van der Waals surface area contributed by atoms with Gasteiger partial charge in [0.25, 0.3) is 0 Å². The van der Waals surface area contributed by atoms with Crippen LogP contribution >= 0.6 is 0 Å². The van der Waals surface area contributed by atoms with Crippen molar-refractivity contribution in [1.82, 2.24) is 0 Å². The van der Waals surface area contributed by atoms with Crippen LogP contribution in [0, 0.1) is 11.6 Å². The van der Waals surface area contributed by atoms with E-state index in [1.165, 1.54) is 0 Å². The first-order valence-corrected chi connectivity index (χ1v) is 7.86. The summed E-state index contributed by atoms with van der Waals surface area (Å²) in [7, 11) is 0. The Balaban J connectivity index is 2.26. The molecule has 0 aliphatic rings. The molecule has 0 spiro atoms. The van der Waals surface area contributed by atoms with Crippen LogP contribution in [-0.4, -0.2) is 0 Å². The highest BCUT2D eigenvalue weighted by atomic mass is 19.1. The van der Waals surface area contributed by atoms with Crippen molar-refractivity contribution < 1.29 is 8.78 Å². The highest BCUT2D eigenvalue weighted by Gasteiger charge is 2.19. The van der Waals surface area contributed by atoms with Crippen LogP contribution in [0.15, 0.2) is 72.8 Å². The molecule has 0 bridgehead atoms. The van der Waals surface area contributed by atoms with Gasteiger partial charge in [-0.05, 0) is 21.5 Å². The van der Waals surface area contributed by atoms with Gasteiger partial charge >= 0.3 is 0 Å². The van der Waals surface area contributed by atoms with E-state index in [4.69, 9.17) is 0 Å². The molecule has 0 saturated heterocycles. The van der Waals surface area contributed by atoms with Crippen LogP contribution in [-0.2, 0) is 0 Å². The number of rotatable bonds is 0. The average Bonchev–Trinajstić information content (AvgIpc) is 2.65. The number of hydrogen-bond acceptors (Lipinski definition) is 0. The smallest absolute Gasteiger partial charge is 0.139 e. The van der Waals surface area contributed by atoms with Gasteiger partial charge in [0.1, 0.15) is 11.6 Å². The summed E-state index contributed by atoms with van der Waals surface area (Å²) in [5, 5.41) is 4.73. The van der Waals surface area contributed by atoms with E-state index in [0.29, 0.717) is 21.5 Å². The third kappa shape index (κ3) is 1.60. The van der Waals surface area contributed by atoms with Crippen molar-refractivity contribution in [3.05, 3.63) is 84.4 Å². The van der Waals surface area contributed by atoms with Gasteiger partial charge < -0.3 is 0 Å². The molecule has 0 atom stereocenters. The quantitative estimate of drug-likeness (QED) is 0.224. The standard InChI is InChI=1S/C22H12F2/c23-21-17-11-5-6-12-18(17)22(24)20-16-10-4-2-8-14(16)13-7-1-3-9-15(13)19(20)21/h1-12H. The number of fused-ring (bicyclic) bond motifs is 7. The summed E-state index contributed by atoms with van der Waals surface area (Å²) in [6.45, 7) is 0. The molecule has 0 nitrogen and oxygen atoms in total. The summed E-state index contributed by atoms with van der Waals surface area (Å²) in [6.07, 6.45) is 0. The van der Waals surface area contributed by atoms with E-state index in [1.54, 1.807) is 24.3 Å². The van der Waals surface area contributed by atoms with Crippen LogP contribution < -0.4 is 0 Å². The third-order valence-electron chi connectivity index (χ3n) is 4.77. The zero-order valence-corrected chi connectivity index (χ0v) is 12.7. The molecular formula is C22H12F2. The molecule has 5 aromatic carbocycles. The van der Waals surface area contributed by atoms with Crippen molar-refractivity contribution >= 4 is 43.1 Å². The predicted molar refractivity (Wildman–Crippen MR) is 96.4 cm³/mol. The zero-order valence-electron chi connectivity index (χ0n) is 12.7. The summed E-state index contributed by atoms with van der Waals surface area (Å²) in [4.78, 5) is 0. The van der Waals surface area contributed by atoms with Crippen LogP contribution in [0.4, 0.5) is 8.78 Å². The van der Waals surface area contributed by atoms with Gasteiger partial charge in [-0.2, -0.15) is 0 Å². The number of benzene rings is 5. The van der Waals surface area contributed by atoms with Crippen LogP contribution in [0.1, 0.15) is 0 Å². The Morgan fingerprint density at radius 3 is 1.04 bits per heavy atom. The first-order chi connectivity index (χ1) is 11.8. The maximum absolute atomic E-state index is 15.3. The van der Waals surface area contributed by atoms with Crippen LogP contribution in [0.25, 0.3) is 43.1 Å². The topological polar surface area (TPSA) is 0 Å². The summed E-state index contributed by atoms with van der Waals surface area (Å²) in [6, 6.07) is 22.0. The summed E-state index contributed by atoms with van der Waals surface area (Å²) < 4.78 is 30.7. The fourth-order valence-corrected chi connectivity index (χ4v) is 3.73. The molecule has 0 heterocycles. The molecule has 0 aliphatic heterocycles. The first kappa shape index (κ1) is 13.4. The van der Waals surface area contributed by atoms with Crippen LogP contribution in [0.3, 0.4) is 0 Å². The lowest BCUT2D eigenvalue weighted by atomic mass is 9.91. The van der Waals surface area contributed by atoms with Gasteiger partial charge in [-0.25, -0.2) is 8.78 Å². The molecule has 0 radical (unpaired) electrons. The van der Waals surface area contributed by atoms with Crippen molar-refractivity contribution in [2.24, 2.45) is 0 Å². The molecule has 0 amide bonds. The molecule has 0 aromatic heterocycles. The van der Waals surface area contributed by atoms with E-state index in [2.05, 4.69) is 0 Å². The van der Waals surface area contributed by atoms with Gasteiger partial charge in [0.15, 0.2) is 0 Å². The van der Waals surface area contributed by atoms with Crippen molar-refractivity contribution in [3.63, 3.8) is 0 Å². The van der Waals surface area contributed by atoms with E-state index in [-0.39, 0.29) is 11.6 Å². The van der Waals surface area contributed by atoms with Crippen molar-refractivity contribution in [2.75, 3.05) is 0 Å². The lowest BCUT2D eigenvalue weighted by Gasteiger charge is -2.14. The van der Waals surface area contributed by atoms with E-state index in [1.807, 2.05) is 48.5 Å². The van der Waals surface area contributed by atoms with E-state index in [0.717, 1.165) is 21.5 Å². The summed E-state index contributed by atoms with van der Waals surface area (Å²) in [5.74, 6) is -0.715. The largest absolute Gasteiger partial charge is 0.206 e. The second kappa shape index (κ2) is 4.75. The first-order valence-electron chi connectivity index (χ1n) is 7.86. The fraction of sp³-hybridized carbons (Fsp3) is 0. The van der Waals surface area contributed by atoms with Crippen LogP contribution in [0.2, 0.25) is 0 Å². The molecule has 0 saturated carbocycles. The van der Waals surface area contributed by atoms with Gasteiger partial charge in [-0.3, -0.25) is 0 Å². The maximum atomic E-state index is 15.3. The van der Waals surface area contributed by atoms with Gasteiger partial charge in [-0.15, -0.1) is 0 Å². The Bertz CT molecular complexity index is 1170. The van der Waals surface area contributed by atoms with Crippen LogP contribution in [0.5, 0.6) is 0 Å². The molecule has 5 rings (SSSR count). The maximum Gasteiger partial charge on any atom is 0.139 e. The van der Waals surface area contributed by atoms with Gasteiger partial charge in [0.2, 0.25) is 0 Å². The second-order valence-corrected chi connectivity index (χ2v) is 6.01. The fourth-order valence-electron chi connectivity index (χ4n) is 3.73. The minimum Gasteiger partial charge on any atom is -0.206 e. The molecule has 24 heavy (non-hydrogen) atoms.